The molecular weight excluding hydrogens is 621 g/mol. The molecule has 4 aromatic carbocycles. The van der Waals surface area contributed by atoms with E-state index in [4.69, 9.17) is 32.7 Å². The fourth-order valence-electron chi connectivity index (χ4n) is 5.71. The van der Waals surface area contributed by atoms with Crippen LogP contribution in [0.4, 0.5) is 4.79 Å². The summed E-state index contributed by atoms with van der Waals surface area (Å²) in [5, 5.41) is 20.6. The molecule has 0 saturated heterocycles. The number of benzene rings is 4. The summed E-state index contributed by atoms with van der Waals surface area (Å²) in [5.41, 5.74) is 6.93. The number of nitrogens with zero attached hydrogens (tertiary/aromatic N) is 1. The molecule has 0 aromatic heterocycles. The predicted octanol–water partition coefficient (Wildman–Crippen LogP) is 9.37. The molecule has 0 aliphatic carbocycles. The Kier molecular flexibility index (Phi) is 12.0. The first-order valence-electron chi connectivity index (χ1n) is 15.5. The van der Waals surface area contributed by atoms with Crippen molar-refractivity contribution in [3.8, 4) is 22.6 Å². The van der Waals surface area contributed by atoms with Crippen molar-refractivity contribution < 1.29 is 24.5 Å². The van der Waals surface area contributed by atoms with Gasteiger partial charge in [0.25, 0.3) is 0 Å². The van der Waals surface area contributed by atoms with E-state index in [2.05, 4.69) is 31.2 Å². The predicted molar refractivity (Wildman–Crippen MR) is 187 cm³/mol. The van der Waals surface area contributed by atoms with Crippen LogP contribution < -0.4 is 9.47 Å². The van der Waals surface area contributed by atoms with Crippen molar-refractivity contribution in [1.82, 2.24) is 4.90 Å². The zero-order chi connectivity index (χ0) is 33.4. The van der Waals surface area contributed by atoms with E-state index in [0.29, 0.717) is 47.5 Å². The third-order valence-corrected chi connectivity index (χ3v) is 8.57. The molecule has 1 amide bonds. The lowest BCUT2D eigenvalue weighted by Gasteiger charge is -2.36. The SMILES string of the molecule is Cc1cc(Cl)c(OCCOc2ccc(CC(CN(C(=O)O)C(C)(C)C)c3ccc(-c4ccccc4CCO)cc3C)cc2)c(Cl)c1. The average molecular weight is 665 g/mol. The summed E-state index contributed by atoms with van der Waals surface area (Å²) in [6.07, 6.45) is 0.291. The number of carbonyl (C=O) groups is 1. The van der Waals surface area contributed by atoms with Crippen LogP contribution in [0.5, 0.6) is 11.5 Å². The van der Waals surface area contributed by atoms with Crippen LogP contribution in [0.15, 0.2) is 78.9 Å². The van der Waals surface area contributed by atoms with E-state index in [1.165, 1.54) is 4.90 Å². The highest BCUT2D eigenvalue weighted by molar-refractivity contribution is 6.37. The maximum absolute atomic E-state index is 12.4. The summed E-state index contributed by atoms with van der Waals surface area (Å²) in [6.45, 7) is 10.8. The van der Waals surface area contributed by atoms with Crippen LogP contribution in [0.2, 0.25) is 10.0 Å². The molecule has 1 atom stereocenters. The Morgan fingerprint density at radius 3 is 2.15 bits per heavy atom. The van der Waals surface area contributed by atoms with Gasteiger partial charge in [-0.3, -0.25) is 0 Å². The second kappa shape index (κ2) is 15.7. The Labute approximate surface area is 282 Å². The highest BCUT2D eigenvalue weighted by atomic mass is 35.5. The zero-order valence-electron chi connectivity index (χ0n) is 27.1. The molecule has 0 saturated carbocycles. The van der Waals surface area contributed by atoms with Crippen molar-refractivity contribution in [2.24, 2.45) is 0 Å². The van der Waals surface area contributed by atoms with Gasteiger partial charge < -0.3 is 24.6 Å². The summed E-state index contributed by atoms with van der Waals surface area (Å²) in [6, 6.07) is 26.0. The molecule has 0 aliphatic heterocycles. The topological polar surface area (TPSA) is 79.2 Å². The number of halogens is 2. The number of carboxylic acid groups (broad SMARTS) is 1. The minimum atomic E-state index is -0.941. The van der Waals surface area contributed by atoms with Gasteiger partial charge in [0, 0.05) is 24.6 Å². The van der Waals surface area contributed by atoms with Gasteiger partial charge in [-0.15, -0.1) is 0 Å². The van der Waals surface area contributed by atoms with Gasteiger partial charge in [0.15, 0.2) is 5.75 Å². The minimum Gasteiger partial charge on any atom is -0.490 e. The van der Waals surface area contributed by atoms with Crippen molar-refractivity contribution in [3.05, 3.63) is 117 Å². The van der Waals surface area contributed by atoms with Crippen molar-refractivity contribution >= 4 is 29.3 Å². The number of hydrogen-bond acceptors (Lipinski definition) is 4. The van der Waals surface area contributed by atoms with Gasteiger partial charge in [-0.05, 0) is 111 Å². The number of aliphatic hydroxyl groups is 1. The summed E-state index contributed by atoms with van der Waals surface area (Å²) < 4.78 is 11.7. The van der Waals surface area contributed by atoms with E-state index in [0.717, 1.165) is 38.9 Å². The molecule has 0 spiro atoms. The molecule has 1 unspecified atom stereocenters. The van der Waals surface area contributed by atoms with Crippen LogP contribution in [0.25, 0.3) is 11.1 Å². The molecule has 4 rings (SSSR count). The normalized spacial score (nSPS) is 12.1. The summed E-state index contributed by atoms with van der Waals surface area (Å²) in [5.74, 6) is 1.07. The Morgan fingerprint density at radius 2 is 1.54 bits per heavy atom. The Morgan fingerprint density at radius 1 is 0.891 bits per heavy atom. The summed E-state index contributed by atoms with van der Waals surface area (Å²) in [4.78, 5) is 13.9. The van der Waals surface area contributed by atoms with E-state index in [9.17, 15) is 15.0 Å². The van der Waals surface area contributed by atoms with Crippen molar-refractivity contribution in [1.29, 1.82) is 0 Å². The molecule has 0 radical (unpaired) electrons. The van der Waals surface area contributed by atoms with Gasteiger partial charge in [0.2, 0.25) is 0 Å². The number of aliphatic hydroxyl groups excluding tert-OH is 1. The number of aryl methyl sites for hydroxylation is 2. The van der Waals surface area contributed by atoms with Gasteiger partial charge in [0.1, 0.15) is 19.0 Å². The van der Waals surface area contributed by atoms with Gasteiger partial charge in [-0.1, -0.05) is 77.8 Å². The lowest BCUT2D eigenvalue weighted by Crippen LogP contribution is -2.47. The fourth-order valence-corrected chi connectivity index (χ4v) is 6.41. The first-order valence-corrected chi connectivity index (χ1v) is 16.2. The molecule has 0 bridgehead atoms. The number of ether oxygens (including phenoxy) is 2. The first kappa shape index (κ1) is 35.1. The maximum atomic E-state index is 12.4. The van der Waals surface area contributed by atoms with Crippen molar-refractivity contribution in [2.75, 3.05) is 26.4 Å². The largest absolute Gasteiger partial charge is 0.490 e. The quantitative estimate of drug-likeness (QED) is 0.139. The first-order chi connectivity index (χ1) is 21.9. The van der Waals surface area contributed by atoms with Crippen LogP contribution >= 0.6 is 23.2 Å². The van der Waals surface area contributed by atoms with Crippen LogP contribution in [0, 0.1) is 13.8 Å². The standard InChI is InChI=1S/C38H43Cl2NO5/c1-25-20-34(39)36(35(40)21-25)46-19-18-45-31-13-10-27(11-14-31)23-30(24-41(37(43)44)38(3,4)5)32-15-12-29(22-26(32)2)33-9-7-6-8-28(33)16-17-42/h6-15,20-22,30,42H,16-19,23-24H2,1-5H3,(H,43,44). The third-order valence-electron chi connectivity index (χ3n) is 8.01. The maximum Gasteiger partial charge on any atom is 0.407 e. The lowest BCUT2D eigenvalue weighted by molar-refractivity contribution is 0.0956. The van der Waals surface area contributed by atoms with Crippen molar-refractivity contribution in [3.63, 3.8) is 0 Å². The van der Waals surface area contributed by atoms with Crippen LogP contribution in [0.1, 0.15) is 54.5 Å². The van der Waals surface area contributed by atoms with Gasteiger partial charge in [0.05, 0.1) is 10.0 Å². The van der Waals surface area contributed by atoms with E-state index in [1.807, 2.05) is 70.2 Å². The number of rotatable bonds is 13. The Hall–Kier alpha value is -3.71. The summed E-state index contributed by atoms with van der Waals surface area (Å²) in [7, 11) is 0. The fraction of sp³-hybridized carbons (Fsp3) is 0.342. The molecule has 8 heteroatoms. The Bertz CT molecular complexity index is 1610. The lowest BCUT2D eigenvalue weighted by atomic mass is 9.86. The van der Waals surface area contributed by atoms with E-state index < -0.39 is 11.6 Å². The second-order valence-corrected chi connectivity index (χ2v) is 13.4. The molecule has 244 valence electrons. The van der Waals surface area contributed by atoms with E-state index in [1.54, 1.807) is 12.1 Å². The Balaban J connectivity index is 1.51. The molecular formula is C38H43Cl2NO5. The van der Waals surface area contributed by atoms with Crippen LogP contribution in [-0.2, 0) is 12.8 Å². The van der Waals surface area contributed by atoms with Gasteiger partial charge in [-0.2, -0.15) is 0 Å². The van der Waals surface area contributed by atoms with Gasteiger partial charge in [-0.25, -0.2) is 4.79 Å². The third kappa shape index (κ3) is 9.18. The molecule has 0 fully saturated rings. The highest BCUT2D eigenvalue weighted by Gasteiger charge is 2.30. The van der Waals surface area contributed by atoms with Crippen LogP contribution in [-0.4, -0.2) is 53.1 Å². The molecule has 0 aliphatic rings. The zero-order valence-corrected chi connectivity index (χ0v) is 28.7. The highest BCUT2D eigenvalue weighted by Crippen LogP contribution is 2.35. The molecule has 2 N–H and O–H groups in total. The summed E-state index contributed by atoms with van der Waals surface area (Å²) >= 11 is 12.6. The molecule has 4 aromatic rings. The molecule has 0 heterocycles. The smallest absolute Gasteiger partial charge is 0.407 e. The van der Waals surface area contributed by atoms with Gasteiger partial charge >= 0.3 is 6.09 Å². The molecule has 46 heavy (non-hydrogen) atoms. The minimum absolute atomic E-state index is 0.0822. The van der Waals surface area contributed by atoms with E-state index in [-0.39, 0.29) is 19.1 Å². The number of hydrogen-bond donors (Lipinski definition) is 2. The van der Waals surface area contributed by atoms with Crippen molar-refractivity contribution in [2.45, 2.75) is 58.9 Å². The van der Waals surface area contributed by atoms with Crippen LogP contribution in [0.3, 0.4) is 0 Å². The number of amides is 1. The second-order valence-electron chi connectivity index (χ2n) is 12.6. The average Bonchev–Trinajstić information content (AvgIpc) is 2.99. The molecule has 6 nitrogen and oxygen atoms in total. The monoisotopic (exact) mass is 663 g/mol. The van der Waals surface area contributed by atoms with E-state index >= 15 is 0 Å².